The summed E-state index contributed by atoms with van der Waals surface area (Å²) in [5.74, 6) is 1.78. The molecule has 0 amide bonds. The van der Waals surface area contributed by atoms with Gasteiger partial charge in [0.05, 0.1) is 6.10 Å². The Balaban J connectivity index is 1.34. The molecule has 0 aliphatic heterocycles. The zero-order valence-corrected chi connectivity index (χ0v) is 14.2. The minimum Gasteiger partial charge on any atom is -0.373 e. The van der Waals surface area contributed by atoms with Gasteiger partial charge in [-0.25, -0.2) is 0 Å². The van der Waals surface area contributed by atoms with Crippen molar-refractivity contribution in [2.45, 2.75) is 44.6 Å². The standard InChI is InChI=1S/C19H29N3O/c1-20-19(22-14-15-10-11-15)21-12-5-13-23-18-9-4-7-16-6-2-3-8-17(16)18/h2-3,6,8,15,18H,4-5,7,9-14H2,1H3,(H2,20,21,22). The van der Waals surface area contributed by atoms with Crippen molar-refractivity contribution in [3.05, 3.63) is 35.4 Å². The van der Waals surface area contributed by atoms with Gasteiger partial charge in [-0.05, 0) is 55.6 Å². The summed E-state index contributed by atoms with van der Waals surface area (Å²) >= 11 is 0. The molecule has 4 heteroatoms. The lowest BCUT2D eigenvalue weighted by Gasteiger charge is -2.25. The van der Waals surface area contributed by atoms with Crippen LogP contribution in [0.1, 0.15) is 49.3 Å². The molecule has 1 fully saturated rings. The summed E-state index contributed by atoms with van der Waals surface area (Å²) < 4.78 is 6.13. The Kier molecular flexibility index (Phi) is 5.92. The number of aliphatic imine (C=N–C) groups is 1. The highest BCUT2D eigenvalue weighted by molar-refractivity contribution is 5.79. The maximum atomic E-state index is 6.13. The average Bonchev–Trinajstić information content (AvgIpc) is 3.42. The van der Waals surface area contributed by atoms with Gasteiger partial charge in [-0.3, -0.25) is 4.99 Å². The third-order valence-electron chi connectivity index (χ3n) is 4.73. The number of nitrogens with one attached hydrogen (secondary N) is 2. The lowest BCUT2D eigenvalue weighted by Crippen LogP contribution is -2.39. The molecule has 0 radical (unpaired) electrons. The van der Waals surface area contributed by atoms with Crippen molar-refractivity contribution >= 4 is 5.96 Å². The number of hydrogen-bond acceptors (Lipinski definition) is 2. The predicted octanol–water partition coefficient (Wildman–Crippen LogP) is 3.05. The lowest BCUT2D eigenvalue weighted by atomic mass is 9.89. The van der Waals surface area contributed by atoms with Crippen molar-refractivity contribution in [3.63, 3.8) is 0 Å². The number of hydrogen-bond donors (Lipinski definition) is 2. The number of ether oxygens (including phenoxy) is 1. The Morgan fingerprint density at radius 1 is 1.22 bits per heavy atom. The van der Waals surface area contributed by atoms with Crippen LogP contribution in [0.4, 0.5) is 0 Å². The SMILES string of the molecule is CN=C(NCCCOC1CCCc2ccccc21)NCC1CC1. The van der Waals surface area contributed by atoms with Crippen molar-refractivity contribution in [2.75, 3.05) is 26.7 Å². The molecule has 1 aromatic carbocycles. The van der Waals surface area contributed by atoms with E-state index in [1.165, 1.54) is 36.8 Å². The fourth-order valence-electron chi connectivity index (χ4n) is 3.17. The fourth-order valence-corrected chi connectivity index (χ4v) is 3.17. The van der Waals surface area contributed by atoms with E-state index in [2.05, 4.69) is 39.9 Å². The van der Waals surface area contributed by atoms with Crippen LogP contribution in [-0.4, -0.2) is 32.7 Å². The number of fused-ring (bicyclic) bond motifs is 1. The molecular formula is C19H29N3O. The Hall–Kier alpha value is -1.55. The van der Waals surface area contributed by atoms with Gasteiger partial charge >= 0.3 is 0 Å². The highest BCUT2D eigenvalue weighted by Crippen LogP contribution is 2.32. The highest BCUT2D eigenvalue weighted by atomic mass is 16.5. The van der Waals surface area contributed by atoms with Crippen molar-refractivity contribution in [3.8, 4) is 0 Å². The van der Waals surface area contributed by atoms with Gasteiger partial charge in [0.2, 0.25) is 0 Å². The number of benzene rings is 1. The molecule has 1 atom stereocenters. The molecule has 2 aliphatic rings. The Morgan fingerprint density at radius 2 is 2.09 bits per heavy atom. The largest absolute Gasteiger partial charge is 0.373 e. The van der Waals surface area contributed by atoms with Crippen molar-refractivity contribution in [1.29, 1.82) is 0 Å². The second kappa shape index (κ2) is 8.34. The summed E-state index contributed by atoms with van der Waals surface area (Å²) in [5, 5.41) is 6.75. The molecule has 1 saturated carbocycles. The molecule has 23 heavy (non-hydrogen) atoms. The molecule has 2 aliphatic carbocycles. The first-order valence-corrected chi connectivity index (χ1v) is 9.00. The van der Waals surface area contributed by atoms with E-state index in [1.54, 1.807) is 0 Å². The summed E-state index contributed by atoms with van der Waals surface area (Å²) in [7, 11) is 1.83. The number of rotatable bonds is 7. The first-order valence-electron chi connectivity index (χ1n) is 9.00. The van der Waals surface area contributed by atoms with Gasteiger partial charge in [0.25, 0.3) is 0 Å². The molecule has 0 bridgehead atoms. The van der Waals surface area contributed by atoms with E-state index in [0.29, 0.717) is 0 Å². The topological polar surface area (TPSA) is 45.7 Å². The molecule has 0 heterocycles. The summed E-state index contributed by atoms with van der Waals surface area (Å²) in [5.41, 5.74) is 2.86. The molecule has 0 spiro atoms. The van der Waals surface area contributed by atoms with Gasteiger partial charge in [-0.2, -0.15) is 0 Å². The van der Waals surface area contributed by atoms with Crippen molar-refractivity contribution in [1.82, 2.24) is 10.6 Å². The van der Waals surface area contributed by atoms with Gasteiger partial charge in [0, 0.05) is 26.7 Å². The number of guanidine groups is 1. The maximum Gasteiger partial charge on any atom is 0.190 e. The van der Waals surface area contributed by atoms with E-state index in [4.69, 9.17) is 4.74 Å². The molecule has 2 N–H and O–H groups in total. The molecule has 126 valence electrons. The van der Waals surface area contributed by atoms with Gasteiger partial charge in [-0.1, -0.05) is 24.3 Å². The smallest absolute Gasteiger partial charge is 0.190 e. The summed E-state index contributed by atoms with van der Waals surface area (Å²) in [6.45, 7) is 2.75. The van der Waals surface area contributed by atoms with Crippen LogP contribution < -0.4 is 10.6 Å². The summed E-state index contributed by atoms with van der Waals surface area (Å²) in [4.78, 5) is 4.26. The fraction of sp³-hybridized carbons (Fsp3) is 0.632. The van der Waals surface area contributed by atoms with Gasteiger partial charge in [0.15, 0.2) is 5.96 Å². The van der Waals surface area contributed by atoms with Crippen LogP contribution in [0.2, 0.25) is 0 Å². The Labute approximate surface area is 139 Å². The van der Waals surface area contributed by atoms with Crippen LogP contribution in [0.25, 0.3) is 0 Å². The zero-order chi connectivity index (χ0) is 15.9. The van der Waals surface area contributed by atoms with Crippen molar-refractivity contribution in [2.24, 2.45) is 10.9 Å². The van der Waals surface area contributed by atoms with Gasteiger partial charge in [0.1, 0.15) is 0 Å². The van der Waals surface area contributed by atoms with E-state index < -0.39 is 0 Å². The van der Waals surface area contributed by atoms with Crippen molar-refractivity contribution < 1.29 is 4.74 Å². The van der Waals surface area contributed by atoms with Gasteiger partial charge in [-0.15, -0.1) is 0 Å². The second-order valence-electron chi connectivity index (χ2n) is 6.63. The highest BCUT2D eigenvalue weighted by Gasteiger charge is 2.21. The van der Waals surface area contributed by atoms with Crippen LogP contribution in [0, 0.1) is 5.92 Å². The second-order valence-corrected chi connectivity index (χ2v) is 6.63. The third kappa shape index (κ3) is 4.96. The minimum absolute atomic E-state index is 0.284. The van der Waals surface area contributed by atoms with E-state index in [1.807, 2.05) is 7.05 Å². The minimum atomic E-state index is 0.284. The normalized spacial score (nSPS) is 20.9. The van der Waals surface area contributed by atoms with Crippen LogP contribution in [-0.2, 0) is 11.2 Å². The Morgan fingerprint density at radius 3 is 2.91 bits per heavy atom. The number of aryl methyl sites for hydroxylation is 1. The van der Waals surface area contributed by atoms with Crippen LogP contribution in [0.3, 0.4) is 0 Å². The number of nitrogens with zero attached hydrogens (tertiary/aromatic N) is 1. The molecule has 1 unspecified atom stereocenters. The van der Waals surface area contributed by atoms with Crippen LogP contribution in [0.15, 0.2) is 29.3 Å². The quantitative estimate of drug-likeness (QED) is 0.462. The zero-order valence-electron chi connectivity index (χ0n) is 14.2. The molecule has 1 aromatic rings. The summed E-state index contributed by atoms with van der Waals surface area (Å²) in [6, 6.07) is 8.71. The predicted molar refractivity (Wildman–Crippen MR) is 94.8 cm³/mol. The molecule has 3 rings (SSSR count). The molecule has 0 aromatic heterocycles. The average molecular weight is 315 g/mol. The van der Waals surface area contributed by atoms with E-state index in [9.17, 15) is 0 Å². The van der Waals surface area contributed by atoms with E-state index >= 15 is 0 Å². The van der Waals surface area contributed by atoms with Gasteiger partial charge < -0.3 is 15.4 Å². The molecule has 0 saturated heterocycles. The lowest BCUT2D eigenvalue weighted by molar-refractivity contribution is 0.0398. The first kappa shape index (κ1) is 16.3. The van der Waals surface area contributed by atoms with E-state index in [0.717, 1.165) is 44.4 Å². The molecular weight excluding hydrogens is 286 g/mol. The van der Waals surface area contributed by atoms with E-state index in [-0.39, 0.29) is 6.10 Å². The van der Waals surface area contributed by atoms with Crippen LogP contribution in [0.5, 0.6) is 0 Å². The Bertz CT molecular complexity index is 525. The molecule has 4 nitrogen and oxygen atoms in total. The summed E-state index contributed by atoms with van der Waals surface area (Å²) in [6.07, 6.45) is 7.59. The third-order valence-corrected chi connectivity index (χ3v) is 4.73. The maximum absolute atomic E-state index is 6.13. The monoisotopic (exact) mass is 315 g/mol. The first-order chi connectivity index (χ1) is 11.4. The van der Waals surface area contributed by atoms with Crippen LogP contribution >= 0.6 is 0 Å².